The van der Waals surface area contributed by atoms with Crippen molar-refractivity contribution in [3.63, 3.8) is 0 Å². The van der Waals surface area contributed by atoms with Crippen LogP contribution in [0.4, 0.5) is 13.2 Å². The first-order valence-corrected chi connectivity index (χ1v) is 11.9. The minimum absolute atomic E-state index is 0.0869. The van der Waals surface area contributed by atoms with Gasteiger partial charge in [0.15, 0.2) is 0 Å². The maximum Gasteiger partial charge on any atom is 0.573 e. The second-order valence-corrected chi connectivity index (χ2v) is 9.03. The molecule has 2 aromatic carbocycles. The molecule has 188 valence electrons. The number of benzene rings is 2. The van der Waals surface area contributed by atoms with Gasteiger partial charge in [0.1, 0.15) is 18.1 Å². The van der Waals surface area contributed by atoms with E-state index in [0.717, 1.165) is 10.2 Å². The normalized spacial score (nSPS) is 11.7. The van der Waals surface area contributed by atoms with Gasteiger partial charge >= 0.3 is 6.36 Å². The van der Waals surface area contributed by atoms with Crippen LogP contribution in [-0.2, 0) is 19.5 Å². The predicted molar refractivity (Wildman–Crippen MR) is 133 cm³/mol. The van der Waals surface area contributed by atoms with E-state index in [1.165, 1.54) is 28.9 Å². The number of alkyl halides is 3. The van der Waals surface area contributed by atoms with Gasteiger partial charge in [0.2, 0.25) is 0 Å². The molecule has 0 saturated carbocycles. The van der Waals surface area contributed by atoms with Crippen molar-refractivity contribution in [2.45, 2.75) is 25.9 Å². The molecule has 3 aromatic heterocycles. The van der Waals surface area contributed by atoms with Crippen LogP contribution in [0, 0.1) is 0 Å². The van der Waals surface area contributed by atoms with E-state index < -0.39 is 6.36 Å². The Balaban J connectivity index is 1.36. The highest BCUT2D eigenvalue weighted by molar-refractivity contribution is 9.10. The maximum atomic E-state index is 13.2. The van der Waals surface area contributed by atoms with Crippen molar-refractivity contribution < 1.29 is 17.9 Å². The Morgan fingerprint density at radius 2 is 1.76 bits per heavy atom. The molecule has 0 bridgehead atoms. The van der Waals surface area contributed by atoms with E-state index in [9.17, 15) is 18.0 Å². The van der Waals surface area contributed by atoms with Crippen LogP contribution in [0.2, 0.25) is 0 Å². The van der Waals surface area contributed by atoms with Gasteiger partial charge < -0.3 is 4.74 Å². The molecule has 37 heavy (non-hydrogen) atoms. The van der Waals surface area contributed by atoms with Crippen LogP contribution in [-0.4, -0.2) is 35.9 Å². The van der Waals surface area contributed by atoms with Crippen molar-refractivity contribution in [3.05, 3.63) is 99.7 Å². The topological polar surface area (TPSA) is 87.7 Å². The lowest BCUT2D eigenvalue weighted by Crippen LogP contribution is -2.24. The number of rotatable bonds is 7. The molecule has 5 rings (SSSR count). The van der Waals surface area contributed by atoms with Crippen molar-refractivity contribution in [1.82, 2.24) is 29.5 Å². The summed E-state index contributed by atoms with van der Waals surface area (Å²) >= 11 is 3.37. The highest BCUT2D eigenvalue weighted by atomic mass is 79.9. The molecule has 0 amide bonds. The summed E-state index contributed by atoms with van der Waals surface area (Å²) in [6, 6.07) is 12.5. The third kappa shape index (κ3) is 6.02. The molecular weight excluding hydrogens is 553 g/mol. The van der Waals surface area contributed by atoms with Gasteiger partial charge in [0.25, 0.3) is 5.56 Å². The largest absolute Gasteiger partial charge is 0.573 e. The predicted octanol–water partition coefficient (Wildman–Crippen LogP) is 5.00. The van der Waals surface area contributed by atoms with Gasteiger partial charge in [0, 0.05) is 36.4 Å². The summed E-state index contributed by atoms with van der Waals surface area (Å²) in [4.78, 5) is 22.0. The monoisotopic (exact) mass is 570 g/mol. The van der Waals surface area contributed by atoms with Crippen molar-refractivity contribution in [3.8, 4) is 16.9 Å². The number of fused-ring (bicyclic) bond motifs is 1. The smallest absolute Gasteiger partial charge is 0.406 e. The zero-order valence-electron chi connectivity index (χ0n) is 19.1. The summed E-state index contributed by atoms with van der Waals surface area (Å²) in [5.74, 6) is 0.132. The number of aryl methyl sites for hydroxylation is 2. The summed E-state index contributed by atoms with van der Waals surface area (Å²) in [6.45, 7) is 0.728. The first kappa shape index (κ1) is 24.6. The number of hydrogen-bond acceptors (Lipinski definition) is 6. The first-order valence-electron chi connectivity index (χ1n) is 11.1. The van der Waals surface area contributed by atoms with E-state index >= 15 is 0 Å². The van der Waals surface area contributed by atoms with Gasteiger partial charge in [-0.15, -0.1) is 13.2 Å². The zero-order chi connectivity index (χ0) is 26.0. The van der Waals surface area contributed by atoms with E-state index in [4.69, 9.17) is 0 Å². The third-order valence-corrected chi connectivity index (χ3v) is 5.94. The number of halogens is 4. The Morgan fingerprint density at radius 3 is 2.49 bits per heavy atom. The molecule has 0 spiro atoms. The molecule has 0 fully saturated rings. The fraction of sp³-hybridized carbons (Fsp3) is 0.160. The Hall–Kier alpha value is -4.06. The zero-order valence-corrected chi connectivity index (χ0v) is 20.6. The lowest BCUT2D eigenvalue weighted by molar-refractivity contribution is -0.274. The van der Waals surface area contributed by atoms with E-state index in [2.05, 4.69) is 40.8 Å². The Kier molecular flexibility index (Phi) is 6.74. The van der Waals surface area contributed by atoms with E-state index in [1.54, 1.807) is 41.5 Å². The highest BCUT2D eigenvalue weighted by Gasteiger charge is 2.31. The van der Waals surface area contributed by atoms with Crippen LogP contribution < -0.4 is 10.3 Å². The molecule has 0 radical (unpaired) electrons. The molecule has 0 saturated heterocycles. The molecule has 8 nitrogen and oxygen atoms in total. The second kappa shape index (κ2) is 10.1. The lowest BCUT2D eigenvalue weighted by Gasteiger charge is -2.10. The molecule has 0 unspecified atom stereocenters. The van der Waals surface area contributed by atoms with Gasteiger partial charge in [-0.3, -0.25) is 9.48 Å². The van der Waals surface area contributed by atoms with Gasteiger partial charge in [0.05, 0.1) is 22.3 Å². The van der Waals surface area contributed by atoms with E-state index in [1.807, 2.05) is 12.3 Å². The average molecular weight is 571 g/mol. The Bertz CT molecular complexity index is 1620. The fourth-order valence-corrected chi connectivity index (χ4v) is 4.13. The van der Waals surface area contributed by atoms with Crippen LogP contribution in [0.3, 0.4) is 0 Å². The van der Waals surface area contributed by atoms with Gasteiger partial charge in [-0.2, -0.15) is 10.2 Å². The summed E-state index contributed by atoms with van der Waals surface area (Å²) in [6.07, 6.45) is 2.70. The SMILES string of the molecule is O=c1c2cc(-c3ccc(OC(F)(F)F)cc3)ccc2cnn1Cc1nccc(CCn2cc(Br)cn2)n1. The van der Waals surface area contributed by atoms with Crippen molar-refractivity contribution in [2.24, 2.45) is 0 Å². The van der Waals surface area contributed by atoms with E-state index in [-0.39, 0.29) is 17.9 Å². The molecule has 0 aliphatic carbocycles. The summed E-state index contributed by atoms with van der Waals surface area (Å²) in [5.41, 5.74) is 1.79. The van der Waals surface area contributed by atoms with Gasteiger partial charge in [-0.1, -0.05) is 24.3 Å². The third-order valence-electron chi connectivity index (χ3n) is 5.53. The quantitative estimate of drug-likeness (QED) is 0.273. The van der Waals surface area contributed by atoms with Crippen LogP contribution in [0.5, 0.6) is 5.75 Å². The molecule has 0 aliphatic rings. The van der Waals surface area contributed by atoms with E-state index in [0.29, 0.717) is 40.7 Å². The second-order valence-electron chi connectivity index (χ2n) is 8.12. The molecule has 0 N–H and O–H groups in total. The van der Waals surface area contributed by atoms with Gasteiger partial charge in [-0.05, 0) is 51.3 Å². The number of hydrogen-bond donors (Lipinski definition) is 0. The van der Waals surface area contributed by atoms with Crippen molar-refractivity contribution in [1.29, 1.82) is 0 Å². The first-order chi connectivity index (χ1) is 17.7. The lowest BCUT2D eigenvalue weighted by atomic mass is 10.0. The summed E-state index contributed by atoms with van der Waals surface area (Å²) < 4.78 is 45.2. The number of ether oxygens (including phenoxy) is 1. The molecule has 0 atom stereocenters. The average Bonchev–Trinajstić information content (AvgIpc) is 3.29. The summed E-state index contributed by atoms with van der Waals surface area (Å²) in [7, 11) is 0. The molecule has 3 heterocycles. The highest BCUT2D eigenvalue weighted by Crippen LogP contribution is 2.27. The van der Waals surface area contributed by atoms with Crippen molar-refractivity contribution in [2.75, 3.05) is 0 Å². The molecule has 5 aromatic rings. The van der Waals surface area contributed by atoms with Crippen LogP contribution in [0.15, 0.2) is 82.6 Å². The van der Waals surface area contributed by atoms with Crippen LogP contribution in [0.1, 0.15) is 11.5 Å². The van der Waals surface area contributed by atoms with Crippen molar-refractivity contribution >= 4 is 26.7 Å². The minimum atomic E-state index is -4.76. The Labute approximate surface area is 216 Å². The van der Waals surface area contributed by atoms with Crippen LogP contribution >= 0.6 is 15.9 Å². The summed E-state index contributed by atoms with van der Waals surface area (Å²) in [5, 5.41) is 9.55. The fourth-order valence-electron chi connectivity index (χ4n) is 3.80. The van der Waals surface area contributed by atoms with Gasteiger partial charge in [-0.25, -0.2) is 14.6 Å². The minimum Gasteiger partial charge on any atom is -0.406 e. The van der Waals surface area contributed by atoms with Crippen LogP contribution in [0.25, 0.3) is 21.9 Å². The maximum absolute atomic E-state index is 13.2. The standard InChI is InChI=1S/C25H18BrF3N6O2/c26-19-13-31-34(14-19)10-8-20-7-9-30-23(33-20)15-35-24(36)22-11-17(1-2-18(22)12-32-35)16-3-5-21(6-4-16)37-25(27,28)29/h1-7,9,11-14H,8,10,15H2. The number of aromatic nitrogens is 6. The molecule has 0 aliphatic heterocycles. The number of nitrogens with zero attached hydrogens (tertiary/aromatic N) is 6. The Morgan fingerprint density at radius 1 is 0.973 bits per heavy atom. The molecular formula is C25H18BrF3N6O2. The molecule has 12 heteroatoms.